The summed E-state index contributed by atoms with van der Waals surface area (Å²) in [7, 11) is 0. The molecule has 0 saturated heterocycles. The van der Waals surface area contributed by atoms with Gasteiger partial charge in [0.2, 0.25) is 0 Å². The minimum absolute atomic E-state index is 0. The van der Waals surface area contributed by atoms with Crippen molar-refractivity contribution >= 4 is 10.8 Å². The van der Waals surface area contributed by atoms with Crippen LogP contribution in [0.2, 0.25) is 0 Å². The minimum Gasteiger partial charge on any atom is -0.392 e. The number of pyridine rings is 1. The molecule has 0 aliphatic heterocycles. The number of aliphatic hydroxyl groups is 2. The van der Waals surface area contributed by atoms with Crippen LogP contribution in [-0.4, -0.2) is 27.4 Å². The molecule has 1 aromatic heterocycles. The molecule has 2 aromatic carbocycles. The Morgan fingerprint density at radius 1 is 0.833 bits per heavy atom. The number of fused-ring (bicyclic) bond motifs is 2. The number of aliphatic hydroxyl groups excluding tert-OH is 2. The normalized spacial score (nSPS) is 26.5. The van der Waals surface area contributed by atoms with Crippen molar-refractivity contribution in [3.63, 3.8) is 0 Å². The molecule has 4 heteroatoms. The van der Waals surface area contributed by atoms with E-state index < -0.39 is 0 Å². The standard InChI is InChI=1S/C20H18N.C18H34O2.Ir/c1-2-9-16(10-3-1)20-13-17-11-6-12-18(19(17)14-21-20)15-7-4-5-8-15;1-5-17(6-2)11-9-10-13-12-18(7-3,8-4)16(20)14(13)15(17)19;/h1-3,6,9,11-15H,4-5,7-8H2;13-16,19-20H,5-12H2,1-4H3;/q-1;;. The van der Waals surface area contributed by atoms with Gasteiger partial charge in [0, 0.05) is 37.6 Å². The van der Waals surface area contributed by atoms with Crippen molar-refractivity contribution in [3.8, 4) is 11.3 Å². The minimum atomic E-state index is -0.319. The Morgan fingerprint density at radius 2 is 1.52 bits per heavy atom. The summed E-state index contributed by atoms with van der Waals surface area (Å²) in [5.74, 6) is 1.36. The van der Waals surface area contributed by atoms with Crippen LogP contribution in [0, 0.1) is 28.7 Å². The Morgan fingerprint density at radius 3 is 2.17 bits per heavy atom. The summed E-state index contributed by atoms with van der Waals surface area (Å²) < 4.78 is 0. The molecule has 0 bridgehead atoms. The SMILES string of the molecule is CCC1(CC)CCCC2CC(CC)(CC)C(O)C2C1O.[Ir].[c-]1ccccc1-c1cc2cccc(C3CCCC3)c2cn1. The van der Waals surface area contributed by atoms with Crippen LogP contribution in [0.4, 0.5) is 0 Å². The first-order valence-corrected chi connectivity index (χ1v) is 16.6. The Labute approximate surface area is 268 Å². The summed E-state index contributed by atoms with van der Waals surface area (Å²) in [4.78, 5) is 4.68. The maximum Gasteiger partial charge on any atom is 0.0651 e. The van der Waals surface area contributed by atoms with Gasteiger partial charge in [-0.1, -0.05) is 71.2 Å². The fourth-order valence-corrected chi connectivity index (χ4v) is 8.91. The van der Waals surface area contributed by atoms with Gasteiger partial charge in [0.15, 0.2) is 0 Å². The average Bonchev–Trinajstić information content (AvgIpc) is 3.63. The van der Waals surface area contributed by atoms with E-state index in [2.05, 4.69) is 75.3 Å². The molecule has 3 aromatic rings. The topological polar surface area (TPSA) is 53.4 Å². The summed E-state index contributed by atoms with van der Waals surface area (Å²) in [5.41, 5.74) is 3.65. The van der Waals surface area contributed by atoms with Crippen LogP contribution in [0.3, 0.4) is 0 Å². The molecule has 6 rings (SSSR count). The molecule has 4 atom stereocenters. The van der Waals surface area contributed by atoms with Crippen molar-refractivity contribution in [2.75, 3.05) is 0 Å². The summed E-state index contributed by atoms with van der Waals surface area (Å²) in [6.45, 7) is 8.83. The van der Waals surface area contributed by atoms with Crippen LogP contribution in [-0.2, 0) is 20.1 Å². The van der Waals surface area contributed by atoms with Crippen LogP contribution >= 0.6 is 0 Å². The molecule has 3 aliphatic rings. The van der Waals surface area contributed by atoms with E-state index in [0.29, 0.717) is 5.92 Å². The van der Waals surface area contributed by atoms with E-state index in [4.69, 9.17) is 0 Å². The van der Waals surface area contributed by atoms with Gasteiger partial charge in [0.05, 0.1) is 12.2 Å². The van der Waals surface area contributed by atoms with Gasteiger partial charge in [-0.25, -0.2) is 0 Å². The molecule has 0 spiro atoms. The van der Waals surface area contributed by atoms with Crippen LogP contribution in [0.25, 0.3) is 22.0 Å². The molecule has 0 amide bonds. The molecule has 231 valence electrons. The van der Waals surface area contributed by atoms with Crippen molar-refractivity contribution < 1.29 is 30.3 Å². The van der Waals surface area contributed by atoms with Gasteiger partial charge in [0.25, 0.3) is 0 Å². The maximum absolute atomic E-state index is 11.1. The van der Waals surface area contributed by atoms with E-state index in [1.807, 2.05) is 18.2 Å². The summed E-state index contributed by atoms with van der Waals surface area (Å²) in [6, 6.07) is 20.2. The van der Waals surface area contributed by atoms with Crippen molar-refractivity contribution in [3.05, 3.63) is 66.4 Å². The molecule has 3 nitrogen and oxygen atoms in total. The third kappa shape index (κ3) is 6.30. The number of rotatable bonds is 6. The molecule has 3 saturated carbocycles. The van der Waals surface area contributed by atoms with Crippen molar-refractivity contribution in [1.82, 2.24) is 4.98 Å². The van der Waals surface area contributed by atoms with Gasteiger partial charge in [-0.2, -0.15) is 0 Å². The van der Waals surface area contributed by atoms with E-state index >= 15 is 0 Å². The fraction of sp³-hybridized carbons (Fsp3) is 0.605. The predicted molar refractivity (Wildman–Crippen MR) is 171 cm³/mol. The van der Waals surface area contributed by atoms with E-state index in [9.17, 15) is 10.2 Å². The van der Waals surface area contributed by atoms with E-state index in [0.717, 1.165) is 55.7 Å². The molecular weight excluding hydrogens is 695 g/mol. The molecule has 3 fully saturated rings. The van der Waals surface area contributed by atoms with Gasteiger partial charge in [-0.05, 0) is 97.1 Å². The molecule has 1 heterocycles. The van der Waals surface area contributed by atoms with Gasteiger partial charge >= 0.3 is 0 Å². The zero-order chi connectivity index (χ0) is 29.0. The van der Waals surface area contributed by atoms with Gasteiger partial charge < -0.3 is 15.2 Å². The zero-order valence-corrected chi connectivity index (χ0v) is 28.6. The van der Waals surface area contributed by atoms with E-state index in [1.165, 1.54) is 54.9 Å². The smallest absolute Gasteiger partial charge is 0.0651 e. The van der Waals surface area contributed by atoms with E-state index in [1.54, 1.807) is 0 Å². The van der Waals surface area contributed by atoms with Crippen LogP contribution in [0.1, 0.15) is 116 Å². The first-order valence-electron chi connectivity index (χ1n) is 16.6. The molecule has 3 aliphatic carbocycles. The number of hydrogen-bond acceptors (Lipinski definition) is 3. The largest absolute Gasteiger partial charge is 0.392 e. The van der Waals surface area contributed by atoms with Gasteiger partial charge in [0.1, 0.15) is 0 Å². The van der Waals surface area contributed by atoms with Crippen LogP contribution in [0.15, 0.2) is 54.7 Å². The Bertz CT molecular complexity index is 1260. The number of nitrogens with zero attached hydrogens (tertiary/aromatic N) is 1. The Kier molecular flexibility index (Phi) is 11.5. The second kappa shape index (κ2) is 14.5. The number of benzene rings is 2. The third-order valence-corrected chi connectivity index (χ3v) is 11.8. The average molecular weight is 747 g/mol. The third-order valence-electron chi connectivity index (χ3n) is 11.8. The Hall–Kier alpha value is -1.58. The first kappa shape index (κ1) is 33.3. The monoisotopic (exact) mass is 747 g/mol. The summed E-state index contributed by atoms with van der Waals surface area (Å²) in [5, 5.41) is 24.7. The van der Waals surface area contributed by atoms with Crippen molar-refractivity contribution in [2.24, 2.45) is 22.7 Å². The zero-order valence-electron chi connectivity index (χ0n) is 26.2. The predicted octanol–water partition coefficient (Wildman–Crippen LogP) is 9.50. The fourth-order valence-electron chi connectivity index (χ4n) is 8.91. The van der Waals surface area contributed by atoms with Crippen LogP contribution < -0.4 is 0 Å². The van der Waals surface area contributed by atoms with Gasteiger partial charge in [-0.3, -0.25) is 0 Å². The van der Waals surface area contributed by atoms with Crippen LogP contribution in [0.5, 0.6) is 0 Å². The summed E-state index contributed by atoms with van der Waals surface area (Å²) in [6.07, 6.45) is 15.6. The number of aromatic nitrogens is 1. The first-order chi connectivity index (χ1) is 19.9. The molecule has 4 unspecified atom stereocenters. The Balaban J connectivity index is 0.000000189. The van der Waals surface area contributed by atoms with Crippen molar-refractivity contribution in [1.29, 1.82) is 0 Å². The number of hydrogen-bond donors (Lipinski definition) is 2. The second-order valence-electron chi connectivity index (χ2n) is 13.4. The molecule has 42 heavy (non-hydrogen) atoms. The molecular formula is C38H52IrNO2-. The van der Waals surface area contributed by atoms with E-state index in [-0.39, 0.29) is 49.1 Å². The van der Waals surface area contributed by atoms with Gasteiger partial charge in [-0.15, -0.1) is 35.9 Å². The quantitative estimate of drug-likeness (QED) is 0.247. The second-order valence-corrected chi connectivity index (χ2v) is 13.4. The molecule has 2 N–H and O–H groups in total. The molecule has 1 radical (unpaired) electrons. The van der Waals surface area contributed by atoms with Crippen molar-refractivity contribution in [2.45, 2.75) is 123 Å². The maximum atomic E-state index is 11.1. The summed E-state index contributed by atoms with van der Waals surface area (Å²) >= 11 is 0.